The molecule has 0 fully saturated rings. The average molecular weight is 413 g/mol. The van der Waals surface area contributed by atoms with Crippen molar-refractivity contribution in [2.45, 2.75) is 58.6 Å². The van der Waals surface area contributed by atoms with Gasteiger partial charge in [0, 0.05) is 23.4 Å². The molecule has 0 saturated heterocycles. The molecule has 0 radical (unpaired) electrons. The van der Waals surface area contributed by atoms with Crippen LogP contribution in [0.2, 0.25) is 0 Å². The van der Waals surface area contributed by atoms with Gasteiger partial charge in [0.1, 0.15) is 11.4 Å². The minimum absolute atomic E-state index is 0.116. The Bertz CT molecular complexity index is 940. The van der Waals surface area contributed by atoms with Crippen molar-refractivity contribution in [3.63, 3.8) is 0 Å². The smallest absolute Gasteiger partial charge is 0.408 e. The summed E-state index contributed by atoms with van der Waals surface area (Å²) in [6, 6.07) is 7.47. The van der Waals surface area contributed by atoms with Crippen LogP contribution in [0, 0.1) is 11.7 Å². The molecule has 2 bridgehead atoms. The Labute approximate surface area is 176 Å². The van der Waals surface area contributed by atoms with E-state index in [-0.39, 0.29) is 17.9 Å². The molecular weight excluding hydrogens is 385 g/mol. The van der Waals surface area contributed by atoms with E-state index in [4.69, 9.17) is 4.74 Å². The molecule has 2 amide bonds. The van der Waals surface area contributed by atoms with E-state index in [1.165, 1.54) is 12.1 Å². The third-order valence-electron chi connectivity index (χ3n) is 4.96. The topological polar surface area (TPSA) is 80.3 Å². The van der Waals surface area contributed by atoms with Crippen LogP contribution in [-0.4, -0.2) is 22.6 Å². The largest absolute Gasteiger partial charge is 0.444 e. The minimum Gasteiger partial charge on any atom is -0.444 e. The molecule has 160 valence electrons. The van der Waals surface area contributed by atoms with Crippen LogP contribution < -0.4 is 10.6 Å². The number of halogens is 1. The van der Waals surface area contributed by atoms with Crippen LogP contribution >= 0.6 is 0 Å². The minimum atomic E-state index is -0.617. The van der Waals surface area contributed by atoms with Crippen LogP contribution in [0.5, 0.6) is 0 Å². The Kier molecular flexibility index (Phi) is 6.39. The van der Waals surface area contributed by atoms with Gasteiger partial charge < -0.3 is 15.4 Å². The first-order valence-corrected chi connectivity index (χ1v) is 10.2. The van der Waals surface area contributed by atoms with E-state index in [2.05, 4.69) is 15.6 Å². The molecule has 2 N–H and O–H groups in total. The van der Waals surface area contributed by atoms with Gasteiger partial charge in [-0.1, -0.05) is 13.3 Å². The number of pyridine rings is 1. The molecule has 0 aliphatic carbocycles. The number of fused-ring (bicyclic) bond motifs is 4. The van der Waals surface area contributed by atoms with Gasteiger partial charge >= 0.3 is 6.09 Å². The Hall–Kier alpha value is -2.96. The van der Waals surface area contributed by atoms with E-state index >= 15 is 0 Å². The number of carbonyl (C=O) groups excluding carboxylic acids is 2. The van der Waals surface area contributed by atoms with Crippen LogP contribution in [0.1, 0.15) is 58.7 Å². The molecule has 1 aliphatic rings. The summed E-state index contributed by atoms with van der Waals surface area (Å²) in [6.07, 6.45) is 3.07. The maximum absolute atomic E-state index is 14.0. The first-order valence-electron chi connectivity index (χ1n) is 10.2. The second-order valence-corrected chi connectivity index (χ2v) is 8.68. The molecule has 1 aliphatic heterocycles. The number of nitrogens with one attached hydrogen (secondary N) is 2. The number of rotatable bonds is 1. The maximum Gasteiger partial charge on any atom is 0.408 e. The van der Waals surface area contributed by atoms with Crippen LogP contribution in [0.15, 0.2) is 36.5 Å². The fourth-order valence-corrected chi connectivity index (χ4v) is 3.43. The van der Waals surface area contributed by atoms with E-state index in [0.29, 0.717) is 35.3 Å². The molecule has 0 spiro atoms. The second-order valence-electron chi connectivity index (χ2n) is 8.68. The van der Waals surface area contributed by atoms with Crippen LogP contribution in [0.3, 0.4) is 0 Å². The third kappa shape index (κ3) is 5.55. The fraction of sp³-hybridized carbons (Fsp3) is 0.435. The number of alkyl carbamates (subject to hydrolysis) is 1. The van der Waals surface area contributed by atoms with Gasteiger partial charge in [-0.05, 0) is 69.5 Å². The van der Waals surface area contributed by atoms with Gasteiger partial charge in [-0.15, -0.1) is 0 Å². The first kappa shape index (κ1) is 21.7. The van der Waals surface area contributed by atoms with Crippen molar-refractivity contribution >= 4 is 17.7 Å². The summed E-state index contributed by atoms with van der Waals surface area (Å²) >= 11 is 0. The molecule has 7 heteroatoms. The van der Waals surface area contributed by atoms with E-state index in [9.17, 15) is 14.0 Å². The second kappa shape index (κ2) is 8.81. The third-order valence-corrected chi connectivity index (χ3v) is 4.96. The number of ether oxygens (including phenoxy) is 1. The number of hydrogen-bond acceptors (Lipinski definition) is 4. The van der Waals surface area contributed by atoms with Crippen molar-refractivity contribution < 1.29 is 18.7 Å². The van der Waals surface area contributed by atoms with Crippen molar-refractivity contribution in [1.82, 2.24) is 10.3 Å². The molecular formula is C23H28FN3O3. The van der Waals surface area contributed by atoms with Gasteiger partial charge in [0.2, 0.25) is 5.91 Å². The Balaban J connectivity index is 2.01. The van der Waals surface area contributed by atoms with E-state index in [0.717, 1.165) is 6.42 Å². The van der Waals surface area contributed by atoms with Crippen LogP contribution in [0.25, 0.3) is 11.1 Å². The van der Waals surface area contributed by atoms with Gasteiger partial charge in [-0.3, -0.25) is 9.78 Å². The summed E-state index contributed by atoms with van der Waals surface area (Å²) in [6.45, 7) is 7.27. The summed E-state index contributed by atoms with van der Waals surface area (Å²) < 4.78 is 19.4. The van der Waals surface area contributed by atoms with E-state index in [1.807, 2.05) is 13.0 Å². The number of anilines is 1. The number of benzene rings is 1. The predicted molar refractivity (Wildman–Crippen MR) is 113 cm³/mol. The molecule has 6 nitrogen and oxygen atoms in total. The molecule has 2 aromatic rings. The summed E-state index contributed by atoms with van der Waals surface area (Å²) in [4.78, 5) is 29.4. The zero-order chi connectivity index (χ0) is 21.9. The molecule has 1 aromatic carbocycles. The number of aromatic nitrogens is 1. The first-order chi connectivity index (χ1) is 14.1. The Morgan fingerprint density at radius 2 is 2.00 bits per heavy atom. The van der Waals surface area contributed by atoms with Crippen molar-refractivity contribution in [3.8, 4) is 11.1 Å². The van der Waals surface area contributed by atoms with Crippen LogP contribution in [-0.2, 0) is 9.53 Å². The Morgan fingerprint density at radius 3 is 2.73 bits per heavy atom. The lowest BCUT2D eigenvalue weighted by Crippen LogP contribution is -2.35. The highest BCUT2D eigenvalue weighted by molar-refractivity contribution is 5.96. The van der Waals surface area contributed by atoms with Crippen LogP contribution in [0.4, 0.5) is 14.9 Å². The number of hydrogen-bond donors (Lipinski definition) is 2. The van der Waals surface area contributed by atoms with Gasteiger partial charge in [0.15, 0.2) is 0 Å². The normalized spacial score (nSPS) is 19.6. The average Bonchev–Trinajstić information content (AvgIpc) is 2.66. The number of amides is 2. The zero-order valence-electron chi connectivity index (χ0n) is 17.8. The lowest BCUT2D eigenvalue weighted by molar-refractivity contribution is -0.119. The van der Waals surface area contributed by atoms with E-state index < -0.39 is 17.5 Å². The van der Waals surface area contributed by atoms with Crippen molar-refractivity contribution in [2.75, 3.05) is 5.32 Å². The molecule has 0 unspecified atom stereocenters. The zero-order valence-corrected chi connectivity index (χ0v) is 17.8. The van der Waals surface area contributed by atoms with Gasteiger partial charge in [0.25, 0.3) is 0 Å². The summed E-state index contributed by atoms with van der Waals surface area (Å²) in [7, 11) is 0. The highest BCUT2D eigenvalue weighted by Crippen LogP contribution is 2.32. The monoisotopic (exact) mass is 413 g/mol. The highest BCUT2D eigenvalue weighted by atomic mass is 19.1. The quantitative estimate of drug-likeness (QED) is 0.672. The highest BCUT2D eigenvalue weighted by Gasteiger charge is 2.24. The van der Waals surface area contributed by atoms with Crippen molar-refractivity contribution in [2.24, 2.45) is 5.92 Å². The van der Waals surface area contributed by atoms with Gasteiger partial charge in [-0.25, -0.2) is 9.18 Å². The van der Waals surface area contributed by atoms with Gasteiger partial charge in [0.05, 0.1) is 11.7 Å². The number of nitrogens with zero attached hydrogens (tertiary/aromatic N) is 1. The summed E-state index contributed by atoms with van der Waals surface area (Å²) in [5.41, 5.74) is 1.86. The Morgan fingerprint density at radius 1 is 1.23 bits per heavy atom. The number of carbonyl (C=O) groups is 2. The maximum atomic E-state index is 14.0. The lowest BCUT2D eigenvalue weighted by atomic mass is 9.95. The molecule has 1 aromatic heterocycles. The van der Waals surface area contributed by atoms with Gasteiger partial charge in [-0.2, -0.15) is 0 Å². The summed E-state index contributed by atoms with van der Waals surface area (Å²) in [5.74, 6) is -0.741. The molecule has 30 heavy (non-hydrogen) atoms. The molecule has 2 atom stereocenters. The SMILES string of the molecule is C[C@@H]1CCC[C@H](NC(=O)OC(C)(C)C)c2cc(ccn2)-c2cc(F)ccc2NC1=O. The van der Waals surface area contributed by atoms with Crippen molar-refractivity contribution in [3.05, 3.63) is 48.0 Å². The molecule has 3 rings (SSSR count). The molecule has 2 heterocycles. The standard InChI is InChI=1S/C23H28FN3O3/c1-14-6-5-7-19(27-22(29)30-23(2,3)4)20-12-15(10-11-25-20)17-13-16(24)8-9-18(17)26-21(14)28/h8-14,19H,5-7H2,1-4H3,(H,26,28)(H,27,29)/t14-,19+/m1/s1. The van der Waals surface area contributed by atoms with E-state index in [1.54, 1.807) is 39.1 Å². The fourth-order valence-electron chi connectivity index (χ4n) is 3.43. The summed E-state index contributed by atoms with van der Waals surface area (Å²) in [5, 5.41) is 5.82. The molecule has 0 saturated carbocycles. The predicted octanol–water partition coefficient (Wildman–Crippen LogP) is 5.21. The van der Waals surface area contributed by atoms with Crippen molar-refractivity contribution in [1.29, 1.82) is 0 Å². The lowest BCUT2D eigenvalue weighted by Gasteiger charge is -2.24.